The number of sulfonamides is 1. The first-order valence-electron chi connectivity index (χ1n) is 9.78. The molecule has 3 aliphatic heterocycles. The van der Waals surface area contributed by atoms with Crippen LogP contribution in [0.15, 0.2) is 38.9 Å². The van der Waals surface area contributed by atoms with Gasteiger partial charge in [0.2, 0.25) is 0 Å². The fraction of sp³-hybridized carbons (Fsp3) is 0.350. The molecule has 0 radical (unpaired) electrons. The Kier molecular flexibility index (Phi) is 5.06. The molecule has 2 aromatic rings. The van der Waals surface area contributed by atoms with E-state index in [1.54, 1.807) is 41.4 Å². The lowest BCUT2D eigenvalue weighted by atomic mass is 10.1. The van der Waals surface area contributed by atoms with Gasteiger partial charge < -0.3 is 14.5 Å². The molecule has 0 saturated carbocycles. The number of benzene rings is 1. The summed E-state index contributed by atoms with van der Waals surface area (Å²) in [6, 6.07) is 7.07. The molecular weight excluding hydrogens is 458 g/mol. The predicted molar refractivity (Wildman–Crippen MR) is 119 cm³/mol. The van der Waals surface area contributed by atoms with Crippen LogP contribution >= 0.6 is 23.1 Å². The van der Waals surface area contributed by atoms with Crippen LogP contribution in [0, 0.1) is 0 Å². The van der Waals surface area contributed by atoms with Crippen LogP contribution < -0.4 is 4.90 Å². The number of fused-ring (bicyclic) bond motifs is 4. The minimum Gasteiger partial charge on any atom is -0.449 e. The molecule has 4 heterocycles. The highest BCUT2D eigenvalue weighted by molar-refractivity contribution is 8.15. The second kappa shape index (κ2) is 7.64. The van der Waals surface area contributed by atoms with E-state index in [-0.39, 0.29) is 11.7 Å². The lowest BCUT2D eigenvalue weighted by molar-refractivity contribution is -0.140. The average Bonchev–Trinajstić information content (AvgIpc) is 3.34. The summed E-state index contributed by atoms with van der Waals surface area (Å²) in [5.74, 6) is -0.835. The van der Waals surface area contributed by atoms with Crippen molar-refractivity contribution in [1.82, 2.24) is 4.90 Å². The van der Waals surface area contributed by atoms with E-state index in [0.29, 0.717) is 30.4 Å². The first-order valence-corrected chi connectivity index (χ1v) is 13.1. The zero-order chi connectivity index (χ0) is 21.8. The van der Waals surface area contributed by atoms with Crippen LogP contribution in [-0.2, 0) is 32.5 Å². The number of rotatable bonds is 3. The second-order valence-corrected chi connectivity index (χ2v) is 11.3. The summed E-state index contributed by atoms with van der Waals surface area (Å²) in [7, 11) is -3.44. The first kappa shape index (κ1) is 20.5. The van der Waals surface area contributed by atoms with E-state index in [1.165, 1.54) is 16.6 Å². The Hall–Kier alpha value is -2.37. The van der Waals surface area contributed by atoms with Crippen LogP contribution in [0.2, 0.25) is 0 Å². The minimum atomic E-state index is -3.44. The third-order valence-electron chi connectivity index (χ3n) is 5.46. The molecule has 1 aromatic carbocycles. The standard InChI is InChI=1S/C20H19N3O5S3/c1-12(18(24)22-6-4-16-14(11-22)5-8-29-16)28-19(25)13-2-3-15-17(10-13)30-20-21-31(26,27)9-7-23(15)20/h2-3,5,8,10,12H,4,6-7,9,11H2,1H3. The topological polar surface area (TPSA) is 96.3 Å². The van der Waals surface area contributed by atoms with Crippen LogP contribution in [0.1, 0.15) is 27.7 Å². The van der Waals surface area contributed by atoms with E-state index in [9.17, 15) is 18.0 Å². The van der Waals surface area contributed by atoms with E-state index in [2.05, 4.69) is 4.40 Å². The molecule has 1 atom stereocenters. The van der Waals surface area contributed by atoms with Crippen molar-refractivity contribution in [2.24, 2.45) is 4.40 Å². The largest absolute Gasteiger partial charge is 0.449 e. The summed E-state index contributed by atoms with van der Waals surface area (Å²) >= 11 is 2.91. The summed E-state index contributed by atoms with van der Waals surface area (Å²) in [5.41, 5.74) is 2.28. The Morgan fingerprint density at radius 3 is 2.90 bits per heavy atom. The molecule has 0 saturated heterocycles. The number of carbonyl (C=O) groups excluding carboxylic acids is 2. The third-order valence-corrected chi connectivity index (χ3v) is 8.79. The summed E-state index contributed by atoms with van der Waals surface area (Å²) in [4.78, 5) is 31.1. The molecule has 1 aromatic heterocycles. The zero-order valence-corrected chi connectivity index (χ0v) is 19.1. The minimum absolute atomic E-state index is 0.0384. The van der Waals surface area contributed by atoms with E-state index in [1.807, 2.05) is 16.3 Å². The SMILES string of the molecule is CC(OC(=O)c1ccc2c(c1)SC1=NS(=O)(=O)CCN12)C(=O)N1CCc2sccc2C1. The monoisotopic (exact) mass is 477 g/mol. The molecule has 11 heteroatoms. The van der Waals surface area contributed by atoms with Gasteiger partial charge in [0.1, 0.15) is 0 Å². The maximum Gasteiger partial charge on any atom is 0.338 e. The Labute approximate surface area is 187 Å². The van der Waals surface area contributed by atoms with Gasteiger partial charge >= 0.3 is 5.97 Å². The van der Waals surface area contributed by atoms with Crippen molar-refractivity contribution < 1.29 is 22.7 Å². The van der Waals surface area contributed by atoms with Crippen LogP contribution in [0.25, 0.3) is 0 Å². The van der Waals surface area contributed by atoms with Crippen LogP contribution in [0.5, 0.6) is 0 Å². The number of carbonyl (C=O) groups is 2. The van der Waals surface area contributed by atoms with Gasteiger partial charge in [0.25, 0.3) is 15.9 Å². The van der Waals surface area contributed by atoms with Crippen molar-refractivity contribution in [3.63, 3.8) is 0 Å². The van der Waals surface area contributed by atoms with Crippen molar-refractivity contribution >= 4 is 55.9 Å². The molecule has 5 rings (SSSR count). The Balaban J connectivity index is 1.27. The average molecular weight is 478 g/mol. The van der Waals surface area contributed by atoms with E-state index in [4.69, 9.17) is 4.74 Å². The molecule has 1 unspecified atom stereocenters. The van der Waals surface area contributed by atoms with Gasteiger partial charge in [0, 0.05) is 29.4 Å². The number of ether oxygens (including phenoxy) is 1. The molecule has 1 amide bonds. The van der Waals surface area contributed by atoms with Gasteiger partial charge in [-0.1, -0.05) is 0 Å². The summed E-state index contributed by atoms with van der Waals surface area (Å²) in [6.07, 6.45) is -0.0770. The molecule has 0 N–H and O–H groups in total. The normalized spacial score (nSPS) is 19.7. The molecule has 31 heavy (non-hydrogen) atoms. The lowest BCUT2D eigenvalue weighted by Gasteiger charge is -2.29. The number of esters is 1. The molecular formula is C20H19N3O5S3. The van der Waals surface area contributed by atoms with Gasteiger partial charge in [0.05, 0.1) is 17.0 Å². The van der Waals surface area contributed by atoms with Crippen LogP contribution in [0.3, 0.4) is 0 Å². The molecule has 3 aliphatic rings. The van der Waals surface area contributed by atoms with E-state index >= 15 is 0 Å². The highest BCUT2D eigenvalue weighted by Crippen LogP contribution is 2.42. The van der Waals surface area contributed by atoms with Gasteiger partial charge in [-0.2, -0.15) is 0 Å². The van der Waals surface area contributed by atoms with Gasteiger partial charge in [-0.05, 0) is 60.3 Å². The Bertz CT molecular complexity index is 1220. The first-order chi connectivity index (χ1) is 14.8. The molecule has 0 spiro atoms. The quantitative estimate of drug-likeness (QED) is 0.627. The second-order valence-electron chi connectivity index (χ2n) is 7.52. The number of thioether (sulfide) groups is 1. The highest BCUT2D eigenvalue weighted by Gasteiger charge is 2.34. The van der Waals surface area contributed by atoms with Gasteiger partial charge in [-0.3, -0.25) is 4.79 Å². The van der Waals surface area contributed by atoms with Crippen LogP contribution in [0.4, 0.5) is 5.69 Å². The molecule has 8 nitrogen and oxygen atoms in total. The number of hydrogen-bond acceptors (Lipinski definition) is 8. The van der Waals surface area contributed by atoms with E-state index < -0.39 is 22.1 Å². The van der Waals surface area contributed by atoms with Crippen molar-refractivity contribution in [3.05, 3.63) is 45.6 Å². The number of anilines is 1. The highest BCUT2D eigenvalue weighted by atomic mass is 32.2. The van der Waals surface area contributed by atoms with Crippen molar-refractivity contribution in [3.8, 4) is 0 Å². The lowest BCUT2D eigenvalue weighted by Crippen LogP contribution is -2.42. The number of hydrogen-bond donors (Lipinski definition) is 0. The Morgan fingerprint density at radius 1 is 1.23 bits per heavy atom. The fourth-order valence-electron chi connectivity index (χ4n) is 3.83. The number of nitrogens with zero attached hydrogens (tertiary/aromatic N) is 3. The predicted octanol–water partition coefficient (Wildman–Crippen LogP) is 2.49. The number of amidine groups is 1. The van der Waals surface area contributed by atoms with Crippen LogP contribution in [-0.4, -0.2) is 55.3 Å². The maximum atomic E-state index is 12.8. The Morgan fingerprint density at radius 2 is 2.06 bits per heavy atom. The van der Waals surface area contributed by atoms with Gasteiger partial charge in [-0.15, -0.1) is 15.7 Å². The van der Waals surface area contributed by atoms with Crippen molar-refractivity contribution in [2.45, 2.75) is 30.9 Å². The molecule has 162 valence electrons. The number of thiophene rings is 1. The maximum absolute atomic E-state index is 12.8. The zero-order valence-electron chi connectivity index (χ0n) is 16.6. The molecule has 0 aliphatic carbocycles. The van der Waals surface area contributed by atoms with Crippen molar-refractivity contribution in [2.75, 3.05) is 23.7 Å². The van der Waals surface area contributed by atoms with Gasteiger partial charge in [-0.25, -0.2) is 13.2 Å². The smallest absolute Gasteiger partial charge is 0.338 e. The van der Waals surface area contributed by atoms with E-state index in [0.717, 1.165) is 22.6 Å². The number of amides is 1. The van der Waals surface area contributed by atoms with Crippen molar-refractivity contribution in [1.29, 1.82) is 0 Å². The summed E-state index contributed by atoms with van der Waals surface area (Å²) < 4.78 is 32.8. The third kappa shape index (κ3) is 3.85. The summed E-state index contributed by atoms with van der Waals surface area (Å²) in [5, 5.41) is 2.43. The van der Waals surface area contributed by atoms with Gasteiger partial charge in [0.15, 0.2) is 11.3 Å². The molecule has 0 bridgehead atoms. The molecule has 0 fully saturated rings. The summed E-state index contributed by atoms with van der Waals surface area (Å²) in [6.45, 7) is 3.07. The fourth-order valence-corrected chi connectivity index (χ4v) is 7.02.